The number of benzene rings is 2. The first kappa shape index (κ1) is 21.6. The van der Waals surface area contributed by atoms with Crippen LogP contribution >= 0.6 is 11.6 Å². The zero-order valence-electron chi connectivity index (χ0n) is 17.4. The van der Waals surface area contributed by atoms with Crippen LogP contribution in [-0.4, -0.2) is 28.4 Å². The number of aliphatic hydroxyl groups is 1. The van der Waals surface area contributed by atoms with Gasteiger partial charge < -0.3 is 9.84 Å². The Morgan fingerprint density at radius 2 is 1.94 bits per heavy atom. The number of nitrogens with zero attached hydrogens (tertiary/aromatic N) is 2. The van der Waals surface area contributed by atoms with Crippen molar-refractivity contribution in [3.63, 3.8) is 0 Å². The Hall–Kier alpha value is -3.64. The molecule has 1 amide bonds. The average molecular weight is 449 g/mol. The molecule has 2 aromatic carbocycles. The van der Waals surface area contributed by atoms with Crippen LogP contribution in [0, 0.1) is 0 Å². The molecule has 2 heterocycles. The van der Waals surface area contributed by atoms with E-state index in [4.69, 9.17) is 16.3 Å². The molecule has 1 fully saturated rings. The molecular formula is C25H21ClN2O4. The lowest BCUT2D eigenvalue weighted by atomic mass is 9.96. The summed E-state index contributed by atoms with van der Waals surface area (Å²) in [6, 6.07) is 16.1. The maximum Gasteiger partial charge on any atom is 0.300 e. The second kappa shape index (κ2) is 9.24. The summed E-state index contributed by atoms with van der Waals surface area (Å²) in [6.07, 6.45) is 4.01. The first-order valence-corrected chi connectivity index (χ1v) is 10.6. The Bertz CT molecular complexity index is 1190. The minimum absolute atomic E-state index is 0.0179. The van der Waals surface area contributed by atoms with Gasteiger partial charge in [0, 0.05) is 28.7 Å². The van der Waals surface area contributed by atoms with Crippen LogP contribution in [0.1, 0.15) is 30.5 Å². The van der Waals surface area contributed by atoms with Crippen LogP contribution in [0.25, 0.3) is 5.76 Å². The predicted octanol–water partition coefficient (Wildman–Crippen LogP) is 5.15. The molecule has 4 rings (SSSR count). The lowest BCUT2D eigenvalue weighted by Gasteiger charge is -2.25. The number of ketones is 1. The number of anilines is 1. The fraction of sp³-hybridized carbons (Fsp3) is 0.160. The number of aromatic nitrogens is 1. The summed E-state index contributed by atoms with van der Waals surface area (Å²) >= 11 is 6.14. The topological polar surface area (TPSA) is 79.7 Å². The molecule has 6 nitrogen and oxygen atoms in total. The van der Waals surface area contributed by atoms with Gasteiger partial charge in [-0.05, 0) is 48.4 Å². The maximum atomic E-state index is 13.1. The van der Waals surface area contributed by atoms with E-state index in [1.807, 2.05) is 6.92 Å². The monoisotopic (exact) mass is 448 g/mol. The fourth-order valence-electron chi connectivity index (χ4n) is 3.69. The largest absolute Gasteiger partial charge is 0.507 e. The molecule has 1 N–H and O–H groups in total. The van der Waals surface area contributed by atoms with Crippen molar-refractivity contribution in [1.29, 1.82) is 0 Å². The van der Waals surface area contributed by atoms with Crippen molar-refractivity contribution in [2.45, 2.75) is 19.4 Å². The van der Waals surface area contributed by atoms with Crippen molar-refractivity contribution in [2.24, 2.45) is 0 Å². The Balaban J connectivity index is 1.88. The number of hydrogen-bond acceptors (Lipinski definition) is 5. The Morgan fingerprint density at radius 3 is 2.66 bits per heavy atom. The molecule has 1 saturated heterocycles. The fourth-order valence-corrected chi connectivity index (χ4v) is 3.87. The van der Waals surface area contributed by atoms with Gasteiger partial charge in [0.2, 0.25) is 0 Å². The zero-order chi connectivity index (χ0) is 22.7. The molecule has 0 bridgehead atoms. The second-order valence-electron chi connectivity index (χ2n) is 7.31. The zero-order valence-corrected chi connectivity index (χ0v) is 18.1. The van der Waals surface area contributed by atoms with Gasteiger partial charge in [-0.15, -0.1) is 0 Å². The molecule has 1 unspecified atom stereocenters. The van der Waals surface area contributed by atoms with Gasteiger partial charge in [0.1, 0.15) is 11.5 Å². The smallest absolute Gasteiger partial charge is 0.300 e. The van der Waals surface area contributed by atoms with Crippen LogP contribution in [0.5, 0.6) is 5.75 Å². The van der Waals surface area contributed by atoms with Crippen LogP contribution in [0.4, 0.5) is 5.69 Å². The van der Waals surface area contributed by atoms with Gasteiger partial charge in [0.15, 0.2) is 0 Å². The van der Waals surface area contributed by atoms with Gasteiger partial charge >= 0.3 is 0 Å². The summed E-state index contributed by atoms with van der Waals surface area (Å²) < 4.78 is 5.65. The van der Waals surface area contributed by atoms with E-state index < -0.39 is 17.7 Å². The van der Waals surface area contributed by atoms with E-state index in [1.165, 1.54) is 4.90 Å². The summed E-state index contributed by atoms with van der Waals surface area (Å²) in [6.45, 7) is 2.52. The number of hydrogen-bond donors (Lipinski definition) is 1. The number of rotatable bonds is 6. The summed E-state index contributed by atoms with van der Waals surface area (Å²) in [7, 11) is 0. The van der Waals surface area contributed by atoms with Gasteiger partial charge in [0.25, 0.3) is 11.7 Å². The Kier molecular flexibility index (Phi) is 6.23. The maximum absolute atomic E-state index is 13.1. The number of halogens is 1. The molecule has 1 aliphatic rings. The lowest BCUT2D eigenvalue weighted by Crippen LogP contribution is -2.29. The molecule has 7 heteroatoms. The SMILES string of the molecule is CCCOc1cccc(/C(O)=C2\C(=O)C(=O)N(c3cccc(Cl)c3)C2c2cccnc2)c1. The first-order chi connectivity index (χ1) is 15.5. The van der Waals surface area contributed by atoms with Crippen LogP contribution in [0.2, 0.25) is 5.02 Å². The van der Waals surface area contributed by atoms with Crippen molar-refractivity contribution >= 4 is 34.7 Å². The number of pyridine rings is 1. The highest BCUT2D eigenvalue weighted by molar-refractivity contribution is 6.51. The molecular weight excluding hydrogens is 428 g/mol. The van der Waals surface area contributed by atoms with E-state index >= 15 is 0 Å². The third kappa shape index (κ3) is 4.09. The molecule has 162 valence electrons. The van der Waals surface area contributed by atoms with Gasteiger partial charge in [-0.25, -0.2) is 0 Å². The molecule has 0 radical (unpaired) electrons. The van der Waals surface area contributed by atoms with E-state index in [9.17, 15) is 14.7 Å². The molecule has 1 atom stereocenters. The van der Waals surface area contributed by atoms with Crippen molar-refractivity contribution in [3.05, 3.63) is 94.8 Å². The van der Waals surface area contributed by atoms with E-state index in [-0.39, 0.29) is 11.3 Å². The van der Waals surface area contributed by atoms with Crippen LogP contribution in [-0.2, 0) is 9.59 Å². The van der Waals surface area contributed by atoms with E-state index in [0.29, 0.717) is 34.2 Å². The normalized spacial score (nSPS) is 17.6. The Labute approximate surface area is 190 Å². The van der Waals surface area contributed by atoms with E-state index in [2.05, 4.69) is 4.98 Å². The molecule has 0 aliphatic carbocycles. The highest BCUT2D eigenvalue weighted by atomic mass is 35.5. The predicted molar refractivity (Wildman–Crippen MR) is 123 cm³/mol. The van der Waals surface area contributed by atoms with Gasteiger partial charge in [-0.2, -0.15) is 0 Å². The molecule has 32 heavy (non-hydrogen) atoms. The van der Waals surface area contributed by atoms with Gasteiger partial charge in [-0.1, -0.05) is 42.8 Å². The molecule has 1 aliphatic heterocycles. The number of amides is 1. The second-order valence-corrected chi connectivity index (χ2v) is 7.75. The number of carbonyl (C=O) groups is 2. The quantitative estimate of drug-likeness (QED) is 0.320. The van der Waals surface area contributed by atoms with Crippen molar-refractivity contribution < 1.29 is 19.4 Å². The van der Waals surface area contributed by atoms with Crippen LogP contribution < -0.4 is 9.64 Å². The summed E-state index contributed by atoms with van der Waals surface area (Å²) in [4.78, 5) is 31.7. The molecule has 1 aromatic heterocycles. The van der Waals surface area contributed by atoms with Crippen molar-refractivity contribution in [3.8, 4) is 5.75 Å². The minimum atomic E-state index is -0.859. The third-order valence-electron chi connectivity index (χ3n) is 5.11. The number of carbonyl (C=O) groups excluding carboxylic acids is 2. The van der Waals surface area contributed by atoms with Gasteiger partial charge in [0.05, 0.1) is 18.2 Å². The van der Waals surface area contributed by atoms with E-state index in [1.54, 1.807) is 73.1 Å². The standard InChI is InChI=1S/C25H21ClN2O4/c1-2-12-32-20-10-3-6-16(13-20)23(29)21-22(17-7-5-11-27-15-17)28(25(31)24(21)30)19-9-4-8-18(26)14-19/h3-11,13-15,22,29H,2,12H2,1H3/b23-21+. The third-order valence-corrected chi connectivity index (χ3v) is 5.35. The Morgan fingerprint density at radius 1 is 1.12 bits per heavy atom. The number of aliphatic hydroxyl groups excluding tert-OH is 1. The summed E-state index contributed by atoms with van der Waals surface area (Å²) in [5.74, 6) is -1.24. The summed E-state index contributed by atoms with van der Waals surface area (Å²) in [5, 5.41) is 11.6. The lowest BCUT2D eigenvalue weighted by molar-refractivity contribution is -0.132. The van der Waals surface area contributed by atoms with Crippen LogP contribution in [0.15, 0.2) is 78.6 Å². The van der Waals surface area contributed by atoms with Crippen molar-refractivity contribution in [2.75, 3.05) is 11.5 Å². The highest BCUT2D eigenvalue weighted by Gasteiger charge is 2.47. The van der Waals surface area contributed by atoms with Gasteiger partial charge in [-0.3, -0.25) is 19.5 Å². The number of ether oxygens (including phenoxy) is 1. The van der Waals surface area contributed by atoms with E-state index in [0.717, 1.165) is 6.42 Å². The average Bonchev–Trinajstić information content (AvgIpc) is 3.08. The molecule has 3 aromatic rings. The first-order valence-electron chi connectivity index (χ1n) is 10.2. The van der Waals surface area contributed by atoms with Crippen LogP contribution in [0.3, 0.4) is 0 Å². The summed E-state index contributed by atoms with van der Waals surface area (Å²) in [5.41, 5.74) is 1.41. The minimum Gasteiger partial charge on any atom is -0.507 e. The number of Topliss-reactive ketones (excluding diaryl/α,β-unsaturated/α-hetero) is 1. The highest BCUT2D eigenvalue weighted by Crippen LogP contribution is 2.42. The molecule has 0 spiro atoms. The molecule has 0 saturated carbocycles. The van der Waals surface area contributed by atoms with Crippen molar-refractivity contribution in [1.82, 2.24) is 4.98 Å².